The quantitative estimate of drug-likeness (QED) is 0.448. The maximum atomic E-state index is 12.7. The van der Waals surface area contributed by atoms with Crippen molar-refractivity contribution in [1.82, 2.24) is 10.3 Å². The molecule has 6 rings (SSSR count). The number of H-pyrrole nitrogens is 1. The van der Waals surface area contributed by atoms with Gasteiger partial charge in [0.25, 0.3) is 0 Å². The van der Waals surface area contributed by atoms with E-state index in [0.717, 1.165) is 39.0 Å². The van der Waals surface area contributed by atoms with Crippen LogP contribution in [0.1, 0.15) is 44.6 Å². The number of carbonyl (C=O) groups excluding carboxylic acids is 1. The topological polar surface area (TPSA) is 66.7 Å². The molecule has 2 aliphatic heterocycles. The third kappa shape index (κ3) is 2.93. The number of hydrogen-bond donors (Lipinski definition) is 2. The Hall–Kier alpha value is -1.85. The average molecular weight is 409 g/mol. The van der Waals surface area contributed by atoms with Crippen molar-refractivity contribution in [3.8, 4) is 0 Å². The number of esters is 1. The zero-order chi connectivity index (χ0) is 20.3. The van der Waals surface area contributed by atoms with Crippen LogP contribution in [0.4, 0.5) is 0 Å². The summed E-state index contributed by atoms with van der Waals surface area (Å²) >= 11 is 0. The molecule has 2 aromatic rings. The van der Waals surface area contributed by atoms with Crippen molar-refractivity contribution in [3.63, 3.8) is 0 Å². The minimum atomic E-state index is -0.0137. The predicted molar refractivity (Wildman–Crippen MR) is 115 cm³/mol. The van der Waals surface area contributed by atoms with E-state index in [2.05, 4.69) is 47.7 Å². The van der Waals surface area contributed by atoms with E-state index < -0.39 is 0 Å². The molecule has 160 valence electrons. The molecule has 4 fully saturated rings. The van der Waals surface area contributed by atoms with Crippen molar-refractivity contribution in [2.75, 3.05) is 19.7 Å². The van der Waals surface area contributed by atoms with Gasteiger partial charge < -0.3 is 19.8 Å². The number of epoxide rings is 1. The number of para-hydroxylation sites is 1. The molecule has 1 aromatic carbocycles. The van der Waals surface area contributed by atoms with Crippen LogP contribution in [-0.4, -0.2) is 42.4 Å². The minimum Gasteiger partial charge on any atom is -0.462 e. The number of aromatic amines is 1. The third-order valence-electron chi connectivity index (χ3n) is 8.69. The first-order valence-corrected chi connectivity index (χ1v) is 11.7. The predicted octanol–water partition coefficient (Wildman–Crippen LogP) is 3.83. The summed E-state index contributed by atoms with van der Waals surface area (Å²) < 4.78 is 11.9. The van der Waals surface area contributed by atoms with Crippen molar-refractivity contribution in [2.45, 2.75) is 57.2 Å². The van der Waals surface area contributed by atoms with Crippen LogP contribution in [-0.2, 0) is 20.7 Å². The molecular formula is C25H32N2O3. The third-order valence-corrected chi connectivity index (χ3v) is 8.69. The molecule has 30 heavy (non-hydrogen) atoms. The van der Waals surface area contributed by atoms with E-state index in [1.54, 1.807) is 0 Å². The number of rotatable bonds is 5. The van der Waals surface area contributed by atoms with Gasteiger partial charge in [0.1, 0.15) is 6.10 Å². The van der Waals surface area contributed by atoms with Gasteiger partial charge in [-0.3, -0.25) is 4.79 Å². The first kappa shape index (κ1) is 18.9. The van der Waals surface area contributed by atoms with Gasteiger partial charge >= 0.3 is 5.97 Å². The molecule has 2 aliphatic carbocycles. The van der Waals surface area contributed by atoms with E-state index in [1.165, 1.54) is 35.7 Å². The number of aromatic nitrogens is 1. The Morgan fingerprint density at radius 1 is 1.27 bits per heavy atom. The van der Waals surface area contributed by atoms with Crippen LogP contribution in [0.2, 0.25) is 0 Å². The van der Waals surface area contributed by atoms with Crippen molar-refractivity contribution < 1.29 is 14.3 Å². The molecule has 5 heteroatoms. The van der Waals surface area contributed by atoms with Gasteiger partial charge in [-0.2, -0.15) is 0 Å². The van der Waals surface area contributed by atoms with E-state index in [-0.39, 0.29) is 29.0 Å². The summed E-state index contributed by atoms with van der Waals surface area (Å²) in [4.78, 5) is 16.1. The second-order valence-corrected chi connectivity index (χ2v) is 10.4. The van der Waals surface area contributed by atoms with Crippen LogP contribution in [0.15, 0.2) is 30.5 Å². The summed E-state index contributed by atoms with van der Waals surface area (Å²) in [6, 6.07) is 8.42. The molecule has 0 bridgehead atoms. The highest BCUT2D eigenvalue weighted by Gasteiger charge is 2.64. The van der Waals surface area contributed by atoms with Crippen molar-refractivity contribution in [1.29, 1.82) is 0 Å². The SMILES string of the molecule is C[C@]12CCC[C@]3(CO3)[C@H]1C[C@H]1[C@@H](C2)OC(=O)[C@@H]1CNCCc1c[nH]c2ccccc12. The van der Waals surface area contributed by atoms with Crippen molar-refractivity contribution in [3.05, 3.63) is 36.0 Å². The average Bonchev–Trinajstić information content (AvgIpc) is 3.27. The van der Waals surface area contributed by atoms with Gasteiger partial charge in [-0.1, -0.05) is 25.1 Å². The first-order chi connectivity index (χ1) is 14.6. The van der Waals surface area contributed by atoms with Crippen LogP contribution >= 0.6 is 0 Å². The van der Waals surface area contributed by atoms with E-state index in [0.29, 0.717) is 11.8 Å². The second kappa shape index (κ2) is 6.83. The first-order valence-electron chi connectivity index (χ1n) is 11.7. The van der Waals surface area contributed by atoms with Gasteiger partial charge in [0.2, 0.25) is 0 Å². The van der Waals surface area contributed by atoms with E-state index >= 15 is 0 Å². The van der Waals surface area contributed by atoms with Crippen molar-refractivity contribution in [2.24, 2.45) is 23.2 Å². The van der Waals surface area contributed by atoms with Crippen LogP contribution in [0.5, 0.6) is 0 Å². The van der Waals surface area contributed by atoms with Gasteiger partial charge in [0.05, 0.1) is 18.1 Å². The van der Waals surface area contributed by atoms with E-state index in [4.69, 9.17) is 9.47 Å². The molecule has 2 N–H and O–H groups in total. The maximum absolute atomic E-state index is 12.7. The lowest BCUT2D eigenvalue weighted by Crippen LogP contribution is -2.51. The number of carbonyl (C=O) groups is 1. The lowest BCUT2D eigenvalue weighted by Gasteiger charge is -2.51. The smallest absolute Gasteiger partial charge is 0.310 e. The van der Waals surface area contributed by atoms with Gasteiger partial charge in [-0.25, -0.2) is 0 Å². The number of hydrogen-bond acceptors (Lipinski definition) is 4. The van der Waals surface area contributed by atoms with Gasteiger partial charge in [0.15, 0.2) is 0 Å². The van der Waals surface area contributed by atoms with Gasteiger partial charge in [-0.05, 0) is 68.0 Å². The standard InChI is InChI=1S/C25H32N2O3/c1-24-8-4-9-25(15-29-25)22(24)11-18-19(23(28)30-21(18)12-24)14-26-10-7-16-13-27-20-6-3-2-5-17(16)20/h2-3,5-6,13,18-19,21-22,26-27H,4,7-12,14-15H2,1H3/t18-,19-,21-,22+,24-,25+/m1/s1. The molecule has 6 atom stereocenters. The minimum absolute atomic E-state index is 0.0117. The fourth-order valence-corrected chi connectivity index (χ4v) is 7.01. The molecule has 1 aromatic heterocycles. The Morgan fingerprint density at radius 3 is 3.00 bits per heavy atom. The Bertz CT molecular complexity index is 964. The summed E-state index contributed by atoms with van der Waals surface area (Å²) in [7, 11) is 0. The summed E-state index contributed by atoms with van der Waals surface area (Å²) in [6.45, 7) is 4.93. The molecule has 2 saturated carbocycles. The van der Waals surface area contributed by atoms with Crippen molar-refractivity contribution >= 4 is 16.9 Å². The summed E-state index contributed by atoms with van der Waals surface area (Å²) in [5, 5.41) is 4.86. The lowest BCUT2D eigenvalue weighted by molar-refractivity contribution is -0.147. The zero-order valence-electron chi connectivity index (χ0n) is 17.8. The summed E-state index contributed by atoms with van der Waals surface area (Å²) in [6.07, 6.45) is 8.96. The zero-order valence-corrected chi connectivity index (χ0v) is 17.8. The highest BCUT2D eigenvalue weighted by atomic mass is 16.6. The second-order valence-electron chi connectivity index (χ2n) is 10.4. The fraction of sp³-hybridized carbons (Fsp3) is 0.640. The highest BCUT2D eigenvalue weighted by Crippen LogP contribution is 2.62. The molecule has 0 radical (unpaired) electrons. The molecule has 4 aliphatic rings. The monoisotopic (exact) mass is 408 g/mol. The Labute approximate surface area is 177 Å². The Morgan fingerprint density at radius 2 is 2.13 bits per heavy atom. The molecule has 5 nitrogen and oxygen atoms in total. The van der Waals surface area contributed by atoms with Gasteiger partial charge in [0, 0.05) is 29.6 Å². The van der Waals surface area contributed by atoms with Crippen LogP contribution in [0.3, 0.4) is 0 Å². The number of fused-ring (bicyclic) bond motifs is 4. The maximum Gasteiger partial charge on any atom is 0.310 e. The highest BCUT2D eigenvalue weighted by molar-refractivity contribution is 5.83. The lowest BCUT2D eigenvalue weighted by atomic mass is 9.53. The normalized spacial score (nSPS) is 39.7. The molecular weight excluding hydrogens is 376 g/mol. The van der Waals surface area contributed by atoms with Crippen LogP contribution in [0.25, 0.3) is 10.9 Å². The molecule has 0 unspecified atom stereocenters. The van der Waals surface area contributed by atoms with E-state index in [1.807, 2.05) is 0 Å². The summed E-state index contributed by atoms with van der Waals surface area (Å²) in [5.74, 6) is 0.927. The Kier molecular flexibility index (Phi) is 4.30. The van der Waals surface area contributed by atoms with Crippen LogP contribution in [0, 0.1) is 23.2 Å². The fourth-order valence-electron chi connectivity index (χ4n) is 7.01. The molecule has 0 amide bonds. The summed E-state index contributed by atoms with van der Waals surface area (Å²) in [5.41, 5.74) is 2.90. The molecule has 1 spiro atoms. The Balaban J connectivity index is 1.10. The number of nitrogens with one attached hydrogen (secondary N) is 2. The number of ether oxygens (including phenoxy) is 2. The van der Waals surface area contributed by atoms with Crippen LogP contribution < -0.4 is 5.32 Å². The molecule has 3 heterocycles. The van der Waals surface area contributed by atoms with E-state index in [9.17, 15) is 4.79 Å². The largest absolute Gasteiger partial charge is 0.462 e. The number of benzene rings is 1. The van der Waals surface area contributed by atoms with Gasteiger partial charge in [-0.15, -0.1) is 0 Å². The molecule has 2 saturated heterocycles.